The minimum atomic E-state index is -0.632. The predicted octanol–water partition coefficient (Wildman–Crippen LogP) is 1.23. The van der Waals surface area contributed by atoms with Gasteiger partial charge >= 0.3 is 5.82 Å². The zero-order valence-corrected chi connectivity index (χ0v) is 10.1. The first-order valence-electron chi connectivity index (χ1n) is 5.52. The highest BCUT2D eigenvalue weighted by Gasteiger charge is 2.28. The molecule has 0 atom stereocenters. The Morgan fingerprint density at radius 2 is 2.22 bits per heavy atom. The third kappa shape index (κ3) is 2.55. The summed E-state index contributed by atoms with van der Waals surface area (Å²) in [6.07, 6.45) is 3.22. The standard InChI is InChI=1S/C11H13N3O4/c1-13(2)11(15)8-5-10(14(16)17)12-6-9(8)18-7-3-4-7/h5-7H,3-4H2,1-2H3. The number of hydrogen-bond donors (Lipinski definition) is 0. The molecule has 1 aromatic heterocycles. The Hall–Kier alpha value is -2.18. The highest BCUT2D eigenvalue weighted by Crippen LogP contribution is 2.30. The number of carbonyl (C=O) groups is 1. The van der Waals surface area contributed by atoms with Crippen LogP contribution in [-0.2, 0) is 0 Å². The van der Waals surface area contributed by atoms with Crippen LogP contribution >= 0.6 is 0 Å². The third-order valence-corrected chi connectivity index (χ3v) is 2.49. The van der Waals surface area contributed by atoms with Crippen molar-refractivity contribution in [3.8, 4) is 5.75 Å². The zero-order chi connectivity index (χ0) is 13.3. The molecule has 7 nitrogen and oxygen atoms in total. The molecule has 18 heavy (non-hydrogen) atoms. The summed E-state index contributed by atoms with van der Waals surface area (Å²) in [5.41, 5.74) is 0.175. The summed E-state index contributed by atoms with van der Waals surface area (Å²) in [7, 11) is 3.16. The quantitative estimate of drug-likeness (QED) is 0.593. The molecule has 2 rings (SSSR count). The molecule has 0 aliphatic heterocycles. The van der Waals surface area contributed by atoms with E-state index in [9.17, 15) is 14.9 Å². The van der Waals surface area contributed by atoms with Crippen molar-refractivity contribution in [3.63, 3.8) is 0 Å². The Morgan fingerprint density at radius 3 is 2.72 bits per heavy atom. The van der Waals surface area contributed by atoms with Gasteiger partial charge in [-0.3, -0.25) is 4.79 Å². The lowest BCUT2D eigenvalue weighted by molar-refractivity contribution is -0.389. The molecule has 0 bridgehead atoms. The molecule has 1 amide bonds. The van der Waals surface area contributed by atoms with Gasteiger partial charge in [0.25, 0.3) is 5.91 Å². The van der Waals surface area contributed by atoms with Crippen LogP contribution in [0.4, 0.5) is 5.82 Å². The fraction of sp³-hybridized carbons (Fsp3) is 0.455. The summed E-state index contributed by atoms with van der Waals surface area (Å²) < 4.78 is 5.53. The number of ether oxygens (including phenoxy) is 1. The molecule has 0 saturated heterocycles. The molecule has 0 aromatic carbocycles. The normalized spacial score (nSPS) is 14.1. The first kappa shape index (κ1) is 12.3. The fourth-order valence-electron chi connectivity index (χ4n) is 1.40. The van der Waals surface area contributed by atoms with Crippen LogP contribution in [0.2, 0.25) is 0 Å². The maximum atomic E-state index is 11.9. The second-order valence-electron chi connectivity index (χ2n) is 4.31. The van der Waals surface area contributed by atoms with Gasteiger partial charge in [0.2, 0.25) is 0 Å². The van der Waals surface area contributed by atoms with E-state index in [1.807, 2.05) is 0 Å². The van der Waals surface area contributed by atoms with Gasteiger partial charge in [-0.15, -0.1) is 0 Å². The Morgan fingerprint density at radius 1 is 1.56 bits per heavy atom. The lowest BCUT2D eigenvalue weighted by atomic mass is 10.2. The van der Waals surface area contributed by atoms with Gasteiger partial charge in [0.1, 0.15) is 0 Å². The molecule has 0 spiro atoms. The summed E-state index contributed by atoms with van der Waals surface area (Å²) in [6.45, 7) is 0. The van der Waals surface area contributed by atoms with E-state index >= 15 is 0 Å². The van der Waals surface area contributed by atoms with Gasteiger partial charge in [-0.25, -0.2) is 0 Å². The minimum Gasteiger partial charge on any atom is -0.486 e. The highest BCUT2D eigenvalue weighted by atomic mass is 16.6. The van der Waals surface area contributed by atoms with Crippen LogP contribution in [0.15, 0.2) is 12.3 Å². The molecule has 1 saturated carbocycles. The van der Waals surface area contributed by atoms with E-state index in [0.29, 0.717) is 5.75 Å². The van der Waals surface area contributed by atoms with Crippen molar-refractivity contribution in [3.05, 3.63) is 27.9 Å². The van der Waals surface area contributed by atoms with E-state index in [2.05, 4.69) is 4.98 Å². The van der Waals surface area contributed by atoms with Gasteiger partial charge in [0, 0.05) is 14.1 Å². The van der Waals surface area contributed by atoms with Crippen LogP contribution in [0.1, 0.15) is 23.2 Å². The van der Waals surface area contributed by atoms with Crippen LogP contribution in [0.5, 0.6) is 5.75 Å². The molecule has 1 fully saturated rings. The predicted molar refractivity (Wildman–Crippen MR) is 62.6 cm³/mol. The van der Waals surface area contributed by atoms with Gasteiger partial charge in [-0.2, -0.15) is 0 Å². The molecular weight excluding hydrogens is 238 g/mol. The first-order chi connectivity index (χ1) is 8.49. The molecule has 0 N–H and O–H groups in total. The van der Waals surface area contributed by atoms with Crippen molar-refractivity contribution >= 4 is 11.7 Å². The molecule has 7 heteroatoms. The van der Waals surface area contributed by atoms with E-state index in [1.54, 1.807) is 14.1 Å². The number of carbonyl (C=O) groups excluding carboxylic acids is 1. The molecule has 0 unspecified atom stereocenters. The lowest BCUT2D eigenvalue weighted by Crippen LogP contribution is -2.23. The average Bonchev–Trinajstić information content (AvgIpc) is 3.12. The molecule has 1 aliphatic carbocycles. The third-order valence-electron chi connectivity index (χ3n) is 2.49. The molecule has 1 heterocycles. The number of pyridine rings is 1. The topological polar surface area (TPSA) is 85.6 Å². The highest BCUT2D eigenvalue weighted by molar-refractivity contribution is 5.97. The van der Waals surface area contributed by atoms with Gasteiger partial charge < -0.3 is 19.8 Å². The second kappa shape index (κ2) is 4.59. The van der Waals surface area contributed by atoms with E-state index < -0.39 is 4.92 Å². The molecule has 1 aliphatic rings. The zero-order valence-electron chi connectivity index (χ0n) is 10.1. The van der Waals surface area contributed by atoms with Crippen molar-refractivity contribution in [1.82, 2.24) is 9.88 Å². The van der Waals surface area contributed by atoms with Crippen molar-refractivity contribution in [1.29, 1.82) is 0 Å². The Bertz CT molecular complexity index is 497. The van der Waals surface area contributed by atoms with E-state index in [0.717, 1.165) is 18.9 Å². The molecule has 1 aromatic rings. The molecule has 96 valence electrons. The summed E-state index contributed by atoms with van der Waals surface area (Å²) in [5, 5.41) is 10.7. The summed E-state index contributed by atoms with van der Waals surface area (Å²) in [6, 6.07) is 1.15. The van der Waals surface area contributed by atoms with Crippen LogP contribution in [-0.4, -0.2) is 40.9 Å². The summed E-state index contributed by atoms with van der Waals surface area (Å²) in [5.74, 6) is -0.388. The monoisotopic (exact) mass is 251 g/mol. The number of nitrogens with zero attached hydrogens (tertiary/aromatic N) is 3. The SMILES string of the molecule is CN(C)C(=O)c1cc([N+](=O)[O-])ncc1OC1CC1. The van der Waals surface area contributed by atoms with Crippen molar-refractivity contribution in [2.45, 2.75) is 18.9 Å². The number of amides is 1. The lowest BCUT2D eigenvalue weighted by Gasteiger charge is -2.13. The summed E-state index contributed by atoms with van der Waals surface area (Å²) >= 11 is 0. The van der Waals surface area contributed by atoms with Crippen molar-refractivity contribution < 1.29 is 14.5 Å². The van der Waals surface area contributed by atoms with Gasteiger partial charge in [-0.05, 0) is 22.7 Å². The summed E-state index contributed by atoms with van der Waals surface area (Å²) in [4.78, 5) is 27.0. The van der Waals surface area contributed by atoms with Gasteiger partial charge in [-0.1, -0.05) is 0 Å². The smallest absolute Gasteiger partial charge is 0.364 e. The maximum absolute atomic E-state index is 11.9. The van der Waals surface area contributed by atoms with Crippen LogP contribution < -0.4 is 4.74 Å². The average molecular weight is 251 g/mol. The number of hydrogen-bond acceptors (Lipinski definition) is 5. The fourth-order valence-corrected chi connectivity index (χ4v) is 1.40. The van der Waals surface area contributed by atoms with Gasteiger partial charge in [0.05, 0.1) is 17.7 Å². The number of nitro groups is 1. The second-order valence-corrected chi connectivity index (χ2v) is 4.31. The van der Waals surface area contributed by atoms with Crippen molar-refractivity contribution in [2.24, 2.45) is 0 Å². The number of rotatable bonds is 4. The first-order valence-corrected chi connectivity index (χ1v) is 5.52. The van der Waals surface area contributed by atoms with Crippen LogP contribution in [0, 0.1) is 10.1 Å². The van der Waals surface area contributed by atoms with E-state index in [4.69, 9.17) is 4.74 Å². The van der Waals surface area contributed by atoms with Gasteiger partial charge in [0.15, 0.2) is 11.9 Å². The molecular formula is C11H13N3O4. The van der Waals surface area contributed by atoms with E-state index in [1.165, 1.54) is 11.1 Å². The Labute approximate surface area is 104 Å². The van der Waals surface area contributed by atoms with Crippen LogP contribution in [0.25, 0.3) is 0 Å². The number of aromatic nitrogens is 1. The Balaban J connectivity index is 2.38. The van der Waals surface area contributed by atoms with Crippen molar-refractivity contribution in [2.75, 3.05) is 14.1 Å². The van der Waals surface area contributed by atoms with Crippen LogP contribution in [0.3, 0.4) is 0 Å². The Kier molecular flexibility index (Phi) is 3.14. The largest absolute Gasteiger partial charge is 0.486 e. The minimum absolute atomic E-state index is 0.0990. The maximum Gasteiger partial charge on any atom is 0.364 e. The molecule has 0 radical (unpaired) electrons. The van der Waals surface area contributed by atoms with E-state index in [-0.39, 0.29) is 23.4 Å².